The van der Waals surface area contributed by atoms with Crippen molar-refractivity contribution in [3.8, 4) is 5.75 Å². The zero-order valence-corrected chi connectivity index (χ0v) is 11.7. The van der Waals surface area contributed by atoms with E-state index in [0.29, 0.717) is 5.02 Å². The molecule has 1 atom stereocenters. The van der Waals surface area contributed by atoms with Gasteiger partial charge in [0.25, 0.3) is 0 Å². The molecule has 0 unspecified atom stereocenters. The minimum Gasteiger partial charge on any atom is -0.489 e. The number of hydrogen-bond acceptors (Lipinski definition) is 2. The Kier molecular flexibility index (Phi) is 4.75. The average molecular weight is 316 g/mol. The Bertz CT molecular complexity index is 616. The molecular weight excluding hydrogens is 303 g/mol. The first-order valence-electron chi connectivity index (χ1n) is 6.16. The Labute approximate surface area is 125 Å². The van der Waals surface area contributed by atoms with Crippen LogP contribution in [-0.4, -0.2) is 6.18 Å². The van der Waals surface area contributed by atoms with Gasteiger partial charge >= 0.3 is 6.18 Å². The van der Waals surface area contributed by atoms with Crippen molar-refractivity contribution in [3.63, 3.8) is 0 Å². The first-order chi connectivity index (χ1) is 9.88. The minimum absolute atomic E-state index is 0.0907. The van der Waals surface area contributed by atoms with Gasteiger partial charge in [0.15, 0.2) is 0 Å². The van der Waals surface area contributed by atoms with Crippen molar-refractivity contribution in [2.75, 3.05) is 0 Å². The maximum absolute atomic E-state index is 12.7. The molecule has 0 aliphatic heterocycles. The number of ether oxygens (including phenoxy) is 1. The average Bonchev–Trinajstić information content (AvgIpc) is 2.44. The highest BCUT2D eigenvalue weighted by molar-refractivity contribution is 6.30. The van der Waals surface area contributed by atoms with Crippen LogP contribution < -0.4 is 10.5 Å². The smallest absolute Gasteiger partial charge is 0.407 e. The van der Waals surface area contributed by atoms with Crippen LogP contribution >= 0.6 is 11.6 Å². The van der Waals surface area contributed by atoms with Crippen molar-refractivity contribution in [3.05, 3.63) is 64.7 Å². The lowest BCUT2D eigenvalue weighted by molar-refractivity contribution is -0.149. The molecule has 2 aromatic carbocycles. The predicted molar refractivity (Wildman–Crippen MR) is 75.2 cm³/mol. The molecule has 0 radical (unpaired) electrons. The summed E-state index contributed by atoms with van der Waals surface area (Å²) >= 11 is 5.84. The largest absolute Gasteiger partial charge is 0.489 e. The van der Waals surface area contributed by atoms with Gasteiger partial charge in [-0.05, 0) is 23.8 Å². The minimum atomic E-state index is -4.52. The molecule has 0 aliphatic carbocycles. The van der Waals surface area contributed by atoms with Crippen LogP contribution in [0.4, 0.5) is 13.2 Å². The number of rotatable bonds is 4. The van der Waals surface area contributed by atoms with Crippen LogP contribution in [-0.2, 0) is 6.61 Å². The summed E-state index contributed by atoms with van der Waals surface area (Å²) in [5.74, 6) is 0.113. The third-order valence-corrected chi connectivity index (χ3v) is 3.13. The summed E-state index contributed by atoms with van der Waals surface area (Å²) < 4.78 is 43.7. The molecule has 0 bridgehead atoms. The van der Waals surface area contributed by atoms with E-state index in [1.165, 1.54) is 18.2 Å². The molecule has 0 amide bonds. The Morgan fingerprint density at radius 2 is 1.81 bits per heavy atom. The molecule has 2 N–H and O–H groups in total. The maximum Gasteiger partial charge on any atom is 0.407 e. The summed E-state index contributed by atoms with van der Waals surface area (Å²) in [6.07, 6.45) is -4.52. The molecule has 2 nitrogen and oxygen atoms in total. The van der Waals surface area contributed by atoms with Crippen LogP contribution in [0, 0.1) is 0 Å². The number of hydrogen-bond donors (Lipinski definition) is 1. The van der Waals surface area contributed by atoms with Gasteiger partial charge < -0.3 is 10.5 Å². The molecule has 2 rings (SSSR count). The predicted octanol–water partition coefficient (Wildman–Crippen LogP) is 4.48. The van der Waals surface area contributed by atoms with Crippen LogP contribution in [0.1, 0.15) is 17.2 Å². The molecular formula is C15H13ClF3NO. The van der Waals surface area contributed by atoms with Crippen molar-refractivity contribution < 1.29 is 17.9 Å². The first-order valence-corrected chi connectivity index (χ1v) is 6.54. The Morgan fingerprint density at radius 3 is 2.48 bits per heavy atom. The molecule has 21 heavy (non-hydrogen) atoms. The second-order valence-electron chi connectivity index (χ2n) is 4.48. The standard InChI is InChI=1S/C15H13ClF3NO/c16-11-5-3-4-10(8-11)9-21-13-7-2-1-6-12(13)14(20)15(17,18)19/h1-8,14H,9,20H2/t14-/m1/s1. The van der Waals surface area contributed by atoms with Gasteiger partial charge in [0.05, 0.1) is 0 Å². The lowest BCUT2D eigenvalue weighted by Crippen LogP contribution is -2.28. The summed E-state index contributed by atoms with van der Waals surface area (Å²) in [6, 6.07) is 10.7. The Morgan fingerprint density at radius 1 is 1.10 bits per heavy atom. The van der Waals surface area contributed by atoms with Gasteiger partial charge in [-0.3, -0.25) is 0 Å². The van der Waals surface area contributed by atoms with Crippen LogP contribution in [0.15, 0.2) is 48.5 Å². The van der Waals surface area contributed by atoms with Gasteiger partial charge in [-0.2, -0.15) is 13.2 Å². The highest BCUT2D eigenvalue weighted by Gasteiger charge is 2.39. The van der Waals surface area contributed by atoms with Gasteiger partial charge in [0.2, 0.25) is 0 Å². The number of para-hydroxylation sites is 1. The highest BCUT2D eigenvalue weighted by Crippen LogP contribution is 2.35. The molecule has 0 fully saturated rings. The fourth-order valence-electron chi connectivity index (χ4n) is 1.83. The molecule has 112 valence electrons. The van der Waals surface area contributed by atoms with E-state index in [0.717, 1.165) is 5.56 Å². The summed E-state index contributed by atoms with van der Waals surface area (Å²) in [5.41, 5.74) is 5.91. The normalized spacial score (nSPS) is 13.0. The molecule has 6 heteroatoms. The Balaban J connectivity index is 2.17. The SMILES string of the molecule is N[C@H](c1ccccc1OCc1cccc(Cl)c1)C(F)(F)F. The van der Waals surface area contributed by atoms with E-state index in [1.807, 2.05) is 0 Å². The molecule has 0 saturated heterocycles. The van der Waals surface area contributed by atoms with Crippen molar-refractivity contribution in [1.29, 1.82) is 0 Å². The molecule has 0 spiro atoms. The fourth-order valence-corrected chi connectivity index (χ4v) is 2.05. The third kappa shape index (κ3) is 4.12. The molecule has 0 saturated carbocycles. The lowest BCUT2D eigenvalue weighted by atomic mass is 10.1. The van der Waals surface area contributed by atoms with E-state index in [4.69, 9.17) is 22.1 Å². The lowest BCUT2D eigenvalue weighted by Gasteiger charge is -2.19. The van der Waals surface area contributed by atoms with Crippen LogP contribution in [0.2, 0.25) is 5.02 Å². The van der Waals surface area contributed by atoms with Crippen LogP contribution in [0.25, 0.3) is 0 Å². The van der Waals surface area contributed by atoms with Gasteiger partial charge in [0, 0.05) is 10.6 Å². The molecule has 0 aromatic heterocycles. The maximum atomic E-state index is 12.7. The number of alkyl halides is 3. The molecule has 0 aliphatic rings. The molecule has 0 heterocycles. The van der Waals surface area contributed by atoms with E-state index in [9.17, 15) is 13.2 Å². The van der Waals surface area contributed by atoms with Gasteiger partial charge in [-0.15, -0.1) is 0 Å². The highest BCUT2D eigenvalue weighted by atomic mass is 35.5. The zero-order chi connectivity index (χ0) is 15.5. The third-order valence-electron chi connectivity index (χ3n) is 2.89. The van der Waals surface area contributed by atoms with Gasteiger partial charge in [0.1, 0.15) is 18.4 Å². The fraction of sp³-hybridized carbons (Fsp3) is 0.200. The van der Waals surface area contributed by atoms with Crippen molar-refractivity contribution in [1.82, 2.24) is 0 Å². The quantitative estimate of drug-likeness (QED) is 0.902. The van der Waals surface area contributed by atoms with Crippen molar-refractivity contribution in [2.24, 2.45) is 5.73 Å². The van der Waals surface area contributed by atoms with Crippen molar-refractivity contribution in [2.45, 2.75) is 18.8 Å². The zero-order valence-electron chi connectivity index (χ0n) is 10.9. The second kappa shape index (κ2) is 6.37. The van der Waals surface area contributed by atoms with E-state index >= 15 is 0 Å². The topological polar surface area (TPSA) is 35.2 Å². The van der Waals surface area contributed by atoms with E-state index in [-0.39, 0.29) is 17.9 Å². The summed E-state index contributed by atoms with van der Waals surface area (Å²) in [4.78, 5) is 0. The van der Waals surface area contributed by atoms with E-state index in [1.54, 1.807) is 30.3 Å². The van der Waals surface area contributed by atoms with Crippen LogP contribution in [0.3, 0.4) is 0 Å². The van der Waals surface area contributed by atoms with E-state index < -0.39 is 12.2 Å². The summed E-state index contributed by atoms with van der Waals surface area (Å²) in [7, 11) is 0. The first kappa shape index (κ1) is 15.7. The summed E-state index contributed by atoms with van der Waals surface area (Å²) in [5, 5.41) is 0.538. The van der Waals surface area contributed by atoms with Crippen LogP contribution in [0.5, 0.6) is 5.75 Å². The Hall–Kier alpha value is -1.72. The van der Waals surface area contributed by atoms with Gasteiger partial charge in [-0.25, -0.2) is 0 Å². The number of benzene rings is 2. The van der Waals surface area contributed by atoms with Gasteiger partial charge in [-0.1, -0.05) is 41.9 Å². The second-order valence-corrected chi connectivity index (χ2v) is 4.91. The van der Waals surface area contributed by atoms with E-state index in [2.05, 4.69) is 0 Å². The number of halogens is 4. The summed E-state index contributed by atoms with van der Waals surface area (Å²) in [6.45, 7) is 0.113. The molecule has 2 aromatic rings. The monoisotopic (exact) mass is 315 g/mol. The number of nitrogens with two attached hydrogens (primary N) is 1. The van der Waals surface area contributed by atoms with Crippen molar-refractivity contribution >= 4 is 11.6 Å².